The average Bonchev–Trinajstić information content (AvgIpc) is 2.26. The SMILES string of the molecule is CNC(=O)[C@H]1CCCN(C(=O)OC(C)(C)C)C1. The van der Waals surface area contributed by atoms with E-state index in [-0.39, 0.29) is 17.9 Å². The minimum absolute atomic E-state index is 0.00161. The molecule has 0 bridgehead atoms. The predicted octanol–water partition coefficient (Wildman–Crippen LogP) is 1.38. The molecular formula is C12H22N2O3. The van der Waals surface area contributed by atoms with E-state index in [0.717, 1.165) is 12.8 Å². The molecule has 1 fully saturated rings. The van der Waals surface area contributed by atoms with Crippen LogP contribution in [0.1, 0.15) is 33.6 Å². The Kier molecular flexibility index (Phi) is 4.37. The van der Waals surface area contributed by atoms with Crippen molar-refractivity contribution in [3.8, 4) is 0 Å². The smallest absolute Gasteiger partial charge is 0.410 e. The van der Waals surface area contributed by atoms with E-state index >= 15 is 0 Å². The first-order chi connectivity index (χ1) is 7.83. The van der Waals surface area contributed by atoms with E-state index in [1.54, 1.807) is 11.9 Å². The molecule has 1 atom stereocenters. The van der Waals surface area contributed by atoms with Gasteiger partial charge < -0.3 is 15.0 Å². The molecule has 1 aliphatic rings. The molecule has 1 saturated heterocycles. The number of piperidine rings is 1. The van der Waals surface area contributed by atoms with Gasteiger partial charge in [-0.2, -0.15) is 0 Å². The van der Waals surface area contributed by atoms with Crippen LogP contribution in [0.4, 0.5) is 4.79 Å². The Morgan fingerprint density at radius 2 is 2.00 bits per heavy atom. The van der Waals surface area contributed by atoms with Crippen molar-refractivity contribution >= 4 is 12.0 Å². The highest BCUT2D eigenvalue weighted by molar-refractivity contribution is 5.79. The Morgan fingerprint density at radius 3 is 2.53 bits per heavy atom. The van der Waals surface area contributed by atoms with Crippen molar-refractivity contribution in [3.63, 3.8) is 0 Å². The first kappa shape index (κ1) is 13.8. The molecule has 2 amide bonds. The van der Waals surface area contributed by atoms with Gasteiger partial charge in [0.05, 0.1) is 5.92 Å². The number of amides is 2. The molecule has 0 aromatic carbocycles. The van der Waals surface area contributed by atoms with Crippen LogP contribution in [0.15, 0.2) is 0 Å². The first-order valence-electron chi connectivity index (χ1n) is 6.03. The molecule has 0 aromatic heterocycles. The highest BCUT2D eigenvalue weighted by atomic mass is 16.6. The van der Waals surface area contributed by atoms with Crippen LogP contribution in [0.5, 0.6) is 0 Å². The van der Waals surface area contributed by atoms with E-state index < -0.39 is 5.60 Å². The van der Waals surface area contributed by atoms with Crippen LogP contribution in [-0.2, 0) is 9.53 Å². The maximum absolute atomic E-state index is 11.8. The van der Waals surface area contributed by atoms with Gasteiger partial charge in [-0.15, -0.1) is 0 Å². The van der Waals surface area contributed by atoms with Crippen molar-refractivity contribution in [1.82, 2.24) is 10.2 Å². The maximum atomic E-state index is 11.8. The van der Waals surface area contributed by atoms with Crippen LogP contribution in [0.2, 0.25) is 0 Å². The summed E-state index contributed by atoms with van der Waals surface area (Å²) in [6.45, 7) is 6.64. The zero-order chi connectivity index (χ0) is 13.1. The van der Waals surface area contributed by atoms with Gasteiger partial charge in [0.15, 0.2) is 0 Å². The van der Waals surface area contributed by atoms with Gasteiger partial charge in [0, 0.05) is 20.1 Å². The molecule has 0 unspecified atom stereocenters. The number of carbonyl (C=O) groups is 2. The molecule has 5 nitrogen and oxygen atoms in total. The Bertz CT molecular complexity index is 297. The zero-order valence-electron chi connectivity index (χ0n) is 11.1. The Labute approximate surface area is 102 Å². The third-order valence-electron chi connectivity index (χ3n) is 2.69. The van der Waals surface area contributed by atoms with Crippen LogP contribution in [0, 0.1) is 5.92 Å². The molecule has 1 heterocycles. The van der Waals surface area contributed by atoms with Gasteiger partial charge in [0.25, 0.3) is 0 Å². The lowest BCUT2D eigenvalue weighted by Crippen LogP contribution is -2.46. The van der Waals surface area contributed by atoms with Gasteiger partial charge in [0.1, 0.15) is 5.60 Å². The minimum atomic E-state index is -0.489. The molecule has 0 radical (unpaired) electrons. The predicted molar refractivity (Wildman–Crippen MR) is 64.6 cm³/mol. The van der Waals surface area contributed by atoms with E-state index in [1.807, 2.05) is 20.8 Å². The van der Waals surface area contributed by atoms with Crippen LogP contribution in [0.3, 0.4) is 0 Å². The van der Waals surface area contributed by atoms with Crippen LogP contribution < -0.4 is 5.32 Å². The summed E-state index contributed by atoms with van der Waals surface area (Å²) in [6.07, 6.45) is 1.35. The van der Waals surface area contributed by atoms with Crippen LogP contribution in [-0.4, -0.2) is 42.6 Å². The molecule has 98 valence electrons. The van der Waals surface area contributed by atoms with Crippen LogP contribution >= 0.6 is 0 Å². The van der Waals surface area contributed by atoms with Gasteiger partial charge >= 0.3 is 6.09 Å². The number of rotatable bonds is 1. The number of hydrogen-bond acceptors (Lipinski definition) is 3. The van der Waals surface area contributed by atoms with Crippen molar-refractivity contribution < 1.29 is 14.3 Å². The third-order valence-corrected chi connectivity index (χ3v) is 2.69. The normalized spacial score (nSPS) is 20.9. The highest BCUT2D eigenvalue weighted by Gasteiger charge is 2.30. The molecule has 0 aliphatic carbocycles. The zero-order valence-corrected chi connectivity index (χ0v) is 11.1. The van der Waals surface area contributed by atoms with Crippen molar-refractivity contribution in [3.05, 3.63) is 0 Å². The van der Waals surface area contributed by atoms with Gasteiger partial charge in [0.2, 0.25) is 5.91 Å². The Morgan fingerprint density at radius 1 is 1.35 bits per heavy atom. The van der Waals surface area contributed by atoms with Crippen molar-refractivity contribution in [2.45, 2.75) is 39.2 Å². The van der Waals surface area contributed by atoms with Crippen LogP contribution in [0.25, 0.3) is 0 Å². The number of ether oxygens (including phenoxy) is 1. The number of likely N-dealkylation sites (tertiary alicyclic amines) is 1. The summed E-state index contributed by atoms with van der Waals surface area (Å²) in [4.78, 5) is 25.0. The fraction of sp³-hybridized carbons (Fsp3) is 0.833. The second kappa shape index (κ2) is 5.38. The highest BCUT2D eigenvalue weighted by Crippen LogP contribution is 2.19. The summed E-state index contributed by atoms with van der Waals surface area (Å²) in [5.74, 6) is -0.112. The average molecular weight is 242 g/mol. The van der Waals surface area contributed by atoms with Gasteiger partial charge in [-0.3, -0.25) is 4.79 Å². The second-order valence-corrected chi connectivity index (χ2v) is 5.38. The largest absolute Gasteiger partial charge is 0.444 e. The number of carbonyl (C=O) groups excluding carboxylic acids is 2. The molecule has 0 saturated carbocycles. The summed E-state index contributed by atoms with van der Waals surface area (Å²) in [5, 5.41) is 2.62. The molecule has 1 rings (SSSR count). The van der Waals surface area contributed by atoms with E-state index in [0.29, 0.717) is 13.1 Å². The molecule has 1 N–H and O–H groups in total. The molecule has 0 spiro atoms. The lowest BCUT2D eigenvalue weighted by molar-refractivity contribution is -0.126. The summed E-state index contributed by atoms with van der Waals surface area (Å²) in [7, 11) is 1.62. The standard InChI is InChI=1S/C12H22N2O3/c1-12(2,3)17-11(16)14-7-5-6-9(8-14)10(15)13-4/h9H,5-8H2,1-4H3,(H,13,15)/t9-/m0/s1. The van der Waals surface area contributed by atoms with E-state index in [2.05, 4.69) is 5.32 Å². The number of nitrogens with one attached hydrogen (secondary N) is 1. The molecule has 0 aromatic rings. The Balaban J connectivity index is 2.55. The summed E-state index contributed by atoms with van der Waals surface area (Å²) in [5.41, 5.74) is -0.489. The summed E-state index contributed by atoms with van der Waals surface area (Å²) >= 11 is 0. The summed E-state index contributed by atoms with van der Waals surface area (Å²) < 4.78 is 5.29. The molecule has 17 heavy (non-hydrogen) atoms. The van der Waals surface area contributed by atoms with E-state index in [4.69, 9.17) is 4.74 Å². The van der Waals surface area contributed by atoms with Gasteiger partial charge in [-0.25, -0.2) is 4.79 Å². The first-order valence-corrected chi connectivity index (χ1v) is 6.03. The number of hydrogen-bond donors (Lipinski definition) is 1. The molecular weight excluding hydrogens is 220 g/mol. The maximum Gasteiger partial charge on any atom is 0.410 e. The fourth-order valence-electron chi connectivity index (χ4n) is 1.89. The third kappa shape index (κ3) is 4.24. The lowest BCUT2D eigenvalue weighted by atomic mass is 9.97. The topological polar surface area (TPSA) is 58.6 Å². The fourth-order valence-corrected chi connectivity index (χ4v) is 1.89. The minimum Gasteiger partial charge on any atom is -0.444 e. The molecule has 5 heteroatoms. The van der Waals surface area contributed by atoms with Crippen molar-refractivity contribution in [2.75, 3.05) is 20.1 Å². The van der Waals surface area contributed by atoms with E-state index in [9.17, 15) is 9.59 Å². The monoisotopic (exact) mass is 242 g/mol. The summed E-state index contributed by atoms with van der Waals surface area (Å²) in [6, 6.07) is 0. The van der Waals surface area contributed by atoms with Crippen molar-refractivity contribution in [2.24, 2.45) is 5.92 Å². The van der Waals surface area contributed by atoms with Gasteiger partial charge in [-0.05, 0) is 33.6 Å². The lowest BCUT2D eigenvalue weighted by Gasteiger charge is -2.33. The van der Waals surface area contributed by atoms with E-state index in [1.165, 1.54) is 0 Å². The Hall–Kier alpha value is -1.26. The quantitative estimate of drug-likeness (QED) is 0.755. The molecule has 1 aliphatic heterocycles. The number of nitrogens with zero attached hydrogens (tertiary/aromatic N) is 1. The second-order valence-electron chi connectivity index (χ2n) is 5.38. The van der Waals surface area contributed by atoms with Crippen molar-refractivity contribution in [1.29, 1.82) is 0 Å². The van der Waals surface area contributed by atoms with Gasteiger partial charge in [-0.1, -0.05) is 0 Å².